The summed E-state index contributed by atoms with van der Waals surface area (Å²) in [5, 5.41) is 0. The molecule has 0 radical (unpaired) electrons. The van der Waals surface area contributed by atoms with Crippen molar-refractivity contribution in [3.63, 3.8) is 0 Å². The van der Waals surface area contributed by atoms with Crippen molar-refractivity contribution in [2.45, 2.75) is 44.6 Å². The van der Waals surface area contributed by atoms with E-state index in [0.717, 1.165) is 43.7 Å². The number of benzene rings is 1. The molecule has 4 heterocycles. The lowest BCUT2D eigenvalue weighted by molar-refractivity contribution is 0.0672. The number of rotatable bonds is 3. The van der Waals surface area contributed by atoms with Gasteiger partial charge in [-0.1, -0.05) is 30.3 Å². The van der Waals surface area contributed by atoms with Crippen molar-refractivity contribution < 1.29 is 9.21 Å². The lowest BCUT2D eigenvalue weighted by atomic mass is 9.96. The zero-order valence-corrected chi connectivity index (χ0v) is 15.9. The minimum atomic E-state index is -0.0773. The summed E-state index contributed by atoms with van der Waals surface area (Å²) < 4.78 is 7.91. The number of aryl methyl sites for hydroxylation is 1. The molecule has 0 aliphatic carbocycles. The average molecular weight is 376 g/mol. The van der Waals surface area contributed by atoms with Gasteiger partial charge in [0.05, 0.1) is 0 Å². The monoisotopic (exact) mass is 376 g/mol. The van der Waals surface area contributed by atoms with Gasteiger partial charge in [-0.3, -0.25) is 4.79 Å². The Labute approximate surface area is 164 Å². The Hall–Kier alpha value is -2.89. The molecule has 6 heteroatoms. The van der Waals surface area contributed by atoms with Crippen LogP contribution >= 0.6 is 0 Å². The van der Waals surface area contributed by atoms with E-state index in [1.54, 1.807) is 0 Å². The second-order valence-corrected chi connectivity index (χ2v) is 7.70. The SMILES string of the molecule is O=C(c1ocnc1-c1ccccc1)N1CCC[C@@H](c2ncc3n2CCCC3)C1. The molecule has 1 atom stereocenters. The second kappa shape index (κ2) is 7.26. The van der Waals surface area contributed by atoms with Crippen molar-refractivity contribution in [3.8, 4) is 11.3 Å². The van der Waals surface area contributed by atoms with E-state index in [1.165, 1.54) is 24.9 Å². The lowest BCUT2D eigenvalue weighted by Gasteiger charge is -2.32. The molecule has 3 aromatic rings. The minimum Gasteiger partial charge on any atom is -0.438 e. The van der Waals surface area contributed by atoms with Crippen LogP contribution in [0, 0.1) is 0 Å². The first-order chi connectivity index (χ1) is 13.8. The number of carbonyl (C=O) groups is 1. The number of fused-ring (bicyclic) bond motifs is 1. The number of hydrogen-bond acceptors (Lipinski definition) is 4. The average Bonchev–Trinajstić information content (AvgIpc) is 3.41. The van der Waals surface area contributed by atoms with Crippen LogP contribution in [0.3, 0.4) is 0 Å². The summed E-state index contributed by atoms with van der Waals surface area (Å²) in [6, 6.07) is 9.73. The molecule has 6 nitrogen and oxygen atoms in total. The van der Waals surface area contributed by atoms with Gasteiger partial charge in [-0.2, -0.15) is 0 Å². The first-order valence-corrected chi connectivity index (χ1v) is 10.1. The van der Waals surface area contributed by atoms with E-state index < -0.39 is 0 Å². The molecule has 2 aromatic heterocycles. The van der Waals surface area contributed by atoms with Crippen LogP contribution in [0.5, 0.6) is 0 Å². The highest BCUT2D eigenvalue weighted by Gasteiger charge is 2.32. The molecule has 1 fully saturated rings. The Balaban J connectivity index is 1.38. The van der Waals surface area contributed by atoms with Crippen LogP contribution in [0.4, 0.5) is 0 Å². The highest BCUT2D eigenvalue weighted by atomic mass is 16.3. The molecule has 5 rings (SSSR count). The molecular formula is C22H24N4O2. The summed E-state index contributed by atoms with van der Waals surface area (Å²) in [7, 11) is 0. The van der Waals surface area contributed by atoms with E-state index in [0.29, 0.717) is 18.0 Å². The van der Waals surface area contributed by atoms with Crippen LogP contribution in [-0.2, 0) is 13.0 Å². The third kappa shape index (κ3) is 3.03. The zero-order valence-electron chi connectivity index (χ0n) is 15.9. The van der Waals surface area contributed by atoms with Gasteiger partial charge in [-0.05, 0) is 32.1 Å². The molecule has 1 saturated heterocycles. The van der Waals surface area contributed by atoms with Crippen molar-refractivity contribution in [1.29, 1.82) is 0 Å². The second-order valence-electron chi connectivity index (χ2n) is 7.70. The van der Waals surface area contributed by atoms with E-state index in [9.17, 15) is 4.79 Å². The van der Waals surface area contributed by atoms with Crippen molar-refractivity contribution in [2.75, 3.05) is 13.1 Å². The van der Waals surface area contributed by atoms with Crippen LogP contribution in [0.1, 0.15) is 53.7 Å². The summed E-state index contributed by atoms with van der Waals surface area (Å²) in [6.07, 6.45) is 9.01. The molecule has 1 amide bonds. The summed E-state index contributed by atoms with van der Waals surface area (Å²) in [5.41, 5.74) is 2.85. The quantitative estimate of drug-likeness (QED) is 0.696. The third-order valence-corrected chi connectivity index (χ3v) is 5.92. The van der Waals surface area contributed by atoms with Crippen molar-refractivity contribution in [2.24, 2.45) is 0 Å². The smallest absolute Gasteiger partial charge is 0.291 e. The molecule has 144 valence electrons. The molecule has 0 unspecified atom stereocenters. The van der Waals surface area contributed by atoms with Crippen molar-refractivity contribution in [3.05, 3.63) is 60.2 Å². The fourth-order valence-corrected chi connectivity index (χ4v) is 4.50. The fraction of sp³-hybridized carbons (Fsp3) is 0.409. The van der Waals surface area contributed by atoms with Gasteiger partial charge in [0.1, 0.15) is 11.5 Å². The molecule has 1 aromatic carbocycles. The predicted octanol–water partition coefficient (Wildman–Crippen LogP) is 3.89. The summed E-state index contributed by atoms with van der Waals surface area (Å²) >= 11 is 0. The van der Waals surface area contributed by atoms with E-state index >= 15 is 0 Å². The topological polar surface area (TPSA) is 64.2 Å². The van der Waals surface area contributed by atoms with Gasteiger partial charge in [0, 0.05) is 43.0 Å². The number of piperidine rings is 1. The van der Waals surface area contributed by atoms with Gasteiger partial charge in [0.25, 0.3) is 5.91 Å². The van der Waals surface area contributed by atoms with Crippen molar-refractivity contribution >= 4 is 5.91 Å². The highest BCUT2D eigenvalue weighted by molar-refractivity contribution is 5.97. The normalized spacial score (nSPS) is 19.4. The van der Waals surface area contributed by atoms with Crippen LogP contribution in [0.2, 0.25) is 0 Å². The minimum absolute atomic E-state index is 0.0773. The lowest BCUT2D eigenvalue weighted by Crippen LogP contribution is -2.40. The summed E-state index contributed by atoms with van der Waals surface area (Å²) in [4.78, 5) is 24.2. The van der Waals surface area contributed by atoms with Crippen LogP contribution in [0.25, 0.3) is 11.3 Å². The zero-order chi connectivity index (χ0) is 18.9. The van der Waals surface area contributed by atoms with E-state index in [-0.39, 0.29) is 11.8 Å². The van der Waals surface area contributed by atoms with Gasteiger partial charge in [0.15, 0.2) is 6.39 Å². The number of amides is 1. The van der Waals surface area contributed by atoms with Crippen LogP contribution in [-0.4, -0.2) is 38.4 Å². The van der Waals surface area contributed by atoms with Gasteiger partial charge in [0.2, 0.25) is 5.76 Å². The number of hydrogen-bond donors (Lipinski definition) is 0. The van der Waals surface area contributed by atoms with E-state index in [2.05, 4.69) is 9.55 Å². The van der Waals surface area contributed by atoms with Crippen molar-refractivity contribution in [1.82, 2.24) is 19.4 Å². The first-order valence-electron chi connectivity index (χ1n) is 10.1. The standard InChI is InChI=1S/C22H24N4O2/c27-22(20-19(24-15-28-20)16-7-2-1-3-8-16)25-11-6-9-17(14-25)21-23-13-18-10-4-5-12-26(18)21/h1-3,7-8,13,15,17H,4-6,9-12,14H2/t17-/m1/s1. The number of carbonyl (C=O) groups excluding carboxylic acids is 1. The van der Waals surface area contributed by atoms with Gasteiger partial charge >= 0.3 is 0 Å². The maximum Gasteiger partial charge on any atom is 0.291 e. The van der Waals surface area contributed by atoms with Crippen LogP contribution in [0.15, 0.2) is 47.3 Å². The summed E-state index contributed by atoms with van der Waals surface area (Å²) in [6.45, 7) is 2.48. The Morgan fingerprint density at radius 2 is 1.96 bits per heavy atom. The molecule has 0 spiro atoms. The Kier molecular flexibility index (Phi) is 4.47. The molecule has 2 aliphatic heterocycles. The molecular weight excluding hydrogens is 352 g/mol. The maximum atomic E-state index is 13.2. The molecule has 0 saturated carbocycles. The van der Waals surface area contributed by atoms with E-state index in [4.69, 9.17) is 9.40 Å². The van der Waals surface area contributed by atoms with Crippen LogP contribution < -0.4 is 0 Å². The Morgan fingerprint density at radius 3 is 2.86 bits per heavy atom. The Bertz CT molecular complexity index is 976. The third-order valence-electron chi connectivity index (χ3n) is 5.92. The number of aromatic nitrogens is 3. The number of imidazole rings is 1. The molecule has 2 aliphatic rings. The molecule has 28 heavy (non-hydrogen) atoms. The van der Waals surface area contributed by atoms with E-state index in [1.807, 2.05) is 41.4 Å². The van der Waals surface area contributed by atoms with Gasteiger partial charge in [-0.15, -0.1) is 0 Å². The first kappa shape index (κ1) is 17.2. The molecule has 0 N–H and O–H groups in total. The number of oxazole rings is 1. The maximum absolute atomic E-state index is 13.2. The predicted molar refractivity (Wildman–Crippen MR) is 105 cm³/mol. The highest BCUT2D eigenvalue weighted by Crippen LogP contribution is 2.31. The Morgan fingerprint density at radius 1 is 1.07 bits per heavy atom. The fourth-order valence-electron chi connectivity index (χ4n) is 4.50. The molecule has 0 bridgehead atoms. The van der Waals surface area contributed by atoms with Gasteiger partial charge < -0.3 is 13.9 Å². The summed E-state index contributed by atoms with van der Waals surface area (Å²) in [5.74, 6) is 1.68. The largest absolute Gasteiger partial charge is 0.438 e. The number of likely N-dealkylation sites (tertiary alicyclic amines) is 1. The number of nitrogens with zero attached hydrogens (tertiary/aromatic N) is 4. The van der Waals surface area contributed by atoms with Gasteiger partial charge in [-0.25, -0.2) is 9.97 Å².